The Morgan fingerprint density at radius 3 is 2.50 bits per heavy atom. The Balaban J connectivity index is 1.32. The number of benzene rings is 2. The van der Waals surface area contributed by atoms with Crippen LogP contribution in [0.15, 0.2) is 48.5 Å². The smallest absolute Gasteiger partial charge is 0.254 e. The second-order valence-electron chi connectivity index (χ2n) is 12.8. The number of sulfonamides is 1. The molecular weight excluding hydrogens is 637 g/mol. The first kappa shape index (κ1) is 31.9. The Hall–Kier alpha value is -4.69. The number of imidazole rings is 1. The number of nitrogens with one attached hydrogen (secondary N) is 1. The maximum atomic E-state index is 14.3. The molecule has 2 aliphatic rings. The van der Waals surface area contributed by atoms with Crippen molar-refractivity contribution in [3.8, 4) is 34.3 Å². The highest BCUT2D eigenvalue weighted by Crippen LogP contribution is 2.39. The number of aromatic nitrogens is 4. The maximum absolute atomic E-state index is 14.3. The Morgan fingerprint density at radius 2 is 1.81 bits per heavy atom. The molecule has 1 aliphatic carbocycles. The number of hydrogen-bond acceptors (Lipinski definition) is 8. The second-order valence-corrected chi connectivity index (χ2v) is 14.6. The molecule has 48 heavy (non-hydrogen) atoms. The number of amides is 1. The Kier molecular flexibility index (Phi) is 8.03. The molecule has 0 bridgehead atoms. The summed E-state index contributed by atoms with van der Waals surface area (Å²) in [5, 5.41) is 0.931. The fraction of sp³-hybridized carbons (Fsp3) is 0.382. The number of ether oxygens (including phenoxy) is 2. The molecule has 1 amide bonds. The minimum atomic E-state index is -3.45. The molecule has 0 unspecified atom stereocenters. The van der Waals surface area contributed by atoms with Crippen LogP contribution in [0.3, 0.4) is 0 Å². The van der Waals surface area contributed by atoms with Crippen molar-refractivity contribution in [1.29, 1.82) is 0 Å². The first-order valence-corrected chi connectivity index (χ1v) is 17.7. The molecule has 0 radical (unpaired) electrons. The van der Waals surface area contributed by atoms with E-state index in [4.69, 9.17) is 25.2 Å². The Labute approximate surface area is 277 Å². The summed E-state index contributed by atoms with van der Waals surface area (Å²) in [6.45, 7) is 1.05. The maximum Gasteiger partial charge on any atom is 0.254 e. The third kappa shape index (κ3) is 6.05. The van der Waals surface area contributed by atoms with Gasteiger partial charge in [0, 0.05) is 48.8 Å². The van der Waals surface area contributed by atoms with E-state index in [-0.39, 0.29) is 25.4 Å². The quantitative estimate of drug-likeness (QED) is 0.231. The fourth-order valence-corrected chi connectivity index (χ4v) is 7.18. The van der Waals surface area contributed by atoms with Gasteiger partial charge in [0.2, 0.25) is 10.0 Å². The van der Waals surface area contributed by atoms with Crippen molar-refractivity contribution in [3.63, 3.8) is 0 Å². The van der Waals surface area contributed by atoms with Gasteiger partial charge in [-0.15, -0.1) is 0 Å². The van der Waals surface area contributed by atoms with E-state index in [2.05, 4.69) is 15.4 Å². The number of rotatable bonds is 9. The molecule has 0 spiro atoms. The minimum absolute atomic E-state index is 0.00414. The molecule has 7 rings (SSSR count). The number of hydrogen-bond donors (Lipinski definition) is 2. The van der Waals surface area contributed by atoms with Gasteiger partial charge in [-0.25, -0.2) is 22.8 Å². The van der Waals surface area contributed by atoms with Crippen molar-refractivity contribution in [2.24, 2.45) is 18.7 Å². The Bertz CT molecular complexity index is 2170. The molecule has 1 saturated heterocycles. The van der Waals surface area contributed by atoms with Crippen LogP contribution < -0.4 is 19.9 Å². The van der Waals surface area contributed by atoms with Crippen LogP contribution >= 0.6 is 0 Å². The van der Waals surface area contributed by atoms with E-state index in [1.165, 1.54) is 12.0 Å². The number of fused-ring (bicyclic) bond motifs is 2. The van der Waals surface area contributed by atoms with Gasteiger partial charge in [-0.05, 0) is 67.6 Å². The lowest BCUT2D eigenvalue weighted by molar-refractivity contribution is 0.0606. The van der Waals surface area contributed by atoms with Gasteiger partial charge in [0.25, 0.3) is 5.91 Å². The van der Waals surface area contributed by atoms with E-state index < -0.39 is 22.2 Å². The van der Waals surface area contributed by atoms with Gasteiger partial charge in [0.05, 0.1) is 49.6 Å². The molecule has 3 aromatic heterocycles. The van der Waals surface area contributed by atoms with E-state index in [0.717, 1.165) is 53.4 Å². The lowest BCUT2D eigenvalue weighted by Gasteiger charge is -2.33. The largest absolute Gasteiger partial charge is 0.496 e. The van der Waals surface area contributed by atoms with Gasteiger partial charge in [0.1, 0.15) is 28.8 Å². The number of nitrogens with zero attached hydrogens (tertiary/aromatic N) is 5. The minimum Gasteiger partial charge on any atom is -0.496 e. The molecule has 252 valence electrons. The van der Waals surface area contributed by atoms with E-state index in [9.17, 15) is 17.6 Å². The van der Waals surface area contributed by atoms with Crippen molar-refractivity contribution >= 4 is 43.7 Å². The highest BCUT2D eigenvalue weighted by Gasteiger charge is 2.31. The number of piperidine rings is 1. The normalized spacial score (nSPS) is 18.4. The summed E-state index contributed by atoms with van der Waals surface area (Å²) in [5.74, 6) is 1.86. The monoisotopic (exact) mass is 675 g/mol. The summed E-state index contributed by atoms with van der Waals surface area (Å²) in [7, 11) is 1.55. The van der Waals surface area contributed by atoms with Crippen molar-refractivity contribution in [2.45, 2.75) is 38.0 Å². The molecular formula is C34H38FN7O5S. The summed E-state index contributed by atoms with van der Waals surface area (Å²) >= 11 is 0. The number of carbonyl (C=O) groups is 1. The SMILES string of the molecule is COc1cc(NS(C)(=O)=O)ccc1-c1ccc2cc(-c3nc4cc(C(=O)N5C[C@H](N)C[C@@H](F)C5)cc(OC)c4n3C)n(CC3CC3)c2n1. The number of methoxy groups -OCH3 is 2. The van der Waals surface area contributed by atoms with Crippen LogP contribution in [0.2, 0.25) is 0 Å². The molecule has 14 heteroatoms. The first-order valence-electron chi connectivity index (χ1n) is 15.8. The van der Waals surface area contributed by atoms with Crippen LogP contribution in [0.4, 0.5) is 10.1 Å². The molecule has 2 atom stereocenters. The number of pyridine rings is 1. The van der Waals surface area contributed by atoms with E-state index in [0.29, 0.717) is 45.7 Å². The van der Waals surface area contributed by atoms with E-state index in [1.54, 1.807) is 37.4 Å². The van der Waals surface area contributed by atoms with Gasteiger partial charge in [-0.3, -0.25) is 9.52 Å². The average molecular weight is 676 g/mol. The van der Waals surface area contributed by atoms with Crippen LogP contribution in [0, 0.1) is 5.92 Å². The van der Waals surface area contributed by atoms with E-state index in [1.807, 2.05) is 23.7 Å². The molecule has 1 saturated carbocycles. The van der Waals surface area contributed by atoms with Crippen LogP contribution in [-0.4, -0.2) is 84.1 Å². The summed E-state index contributed by atoms with van der Waals surface area (Å²) in [6.07, 6.45) is 2.43. The number of carbonyl (C=O) groups excluding carboxylic acids is 1. The van der Waals surface area contributed by atoms with Gasteiger partial charge >= 0.3 is 0 Å². The van der Waals surface area contributed by atoms with Crippen LogP contribution in [0.25, 0.3) is 44.8 Å². The van der Waals surface area contributed by atoms with Crippen molar-refractivity contribution < 1.29 is 27.1 Å². The number of likely N-dealkylation sites (tertiary alicyclic amines) is 1. The molecule has 4 heterocycles. The zero-order valence-corrected chi connectivity index (χ0v) is 28.1. The highest BCUT2D eigenvalue weighted by molar-refractivity contribution is 7.92. The predicted molar refractivity (Wildman–Crippen MR) is 183 cm³/mol. The highest BCUT2D eigenvalue weighted by atomic mass is 32.2. The topological polar surface area (TPSA) is 147 Å². The third-order valence-electron chi connectivity index (χ3n) is 9.01. The molecule has 5 aromatic rings. The molecule has 1 aliphatic heterocycles. The number of aryl methyl sites for hydroxylation is 1. The fourth-order valence-electron chi connectivity index (χ4n) is 6.63. The summed E-state index contributed by atoms with van der Waals surface area (Å²) < 4.78 is 55.9. The number of alkyl halides is 1. The van der Waals surface area contributed by atoms with E-state index >= 15 is 0 Å². The third-order valence-corrected chi connectivity index (χ3v) is 9.62. The molecule has 2 fully saturated rings. The molecule has 2 aromatic carbocycles. The molecule has 3 N–H and O–H groups in total. The Morgan fingerprint density at radius 1 is 1.04 bits per heavy atom. The van der Waals surface area contributed by atoms with Crippen molar-refractivity contribution in [3.05, 3.63) is 54.1 Å². The predicted octanol–water partition coefficient (Wildman–Crippen LogP) is 4.57. The summed E-state index contributed by atoms with van der Waals surface area (Å²) in [5.41, 5.74) is 11.1. The van der Waals surface area contributed by atoms with Crippen molar-refractivity contribution in [1.82, 2.24) is 24.0 Å². The molecule has 12 nitrogen and oxygen atoms in total. The summed E-state index contributed by atoms with van der Waals surface area (Å²) in [4.78, 5) is 25.1. The van der Waals surface area contributed by atoms with Gasteiger partial charge < -0.3 is 29.2 Å². The van der Waals surface area contributed by atoms with Crippen LogP contribution in [0.5, 0.6) is 11.5 Å². The van der Waals surface area contributed by atoms with Gasteiger partial charge in [-0.1, -0.05) is 0 Å². The second kappa shape index (κ2) is 12.1. The van der Waals surface area contributed by atoms with Crippen molar-refractivity contribution in [2.75, 3.05) is 38.3 Å². The zero-order valence-electron chi connectivity index (χ0n) is 27.2. The van der Waals surface area contributed by atoms with Gasteiger partial charge in [0.15, 0.2) is 5.82 Å². The van der Waals surface area contributed by atoms with Gasteiger partial charge in [-0.2, -0.15) is 0 Å². The zero-order chi connectivity index (χ0) is 33.9. The lowest BCUT2D eigenvalue weighted by Crippen LogP contribution is -2.50. The number of halogens is 1. The average Bonchev–Trinajstić information content (AvgIpc) is 3.71. The van der Waals surface area contributed by atoms with Crippen LogP contribution in [-0.2, 0) is 23.6 Å². The lowest BCUT2D eigenvalue weighted by atomic mass is 10.0. The van der Waals surface area contributed by atoms with Crippen LogP contribution in [0.1, 0.15) is 29.6 Å². The summed E-state index contributed by atoms with van der Waals surface area (Å²) in [6, 6.07) is 14.1. The first-order chi connectivity index (χ1) is 22.9. The number of nitrogens with two attached hydrogens (primary N) is 1. The number of anilines is 1. The standard InChI is InChI=1S/C34H38FN7O5S/c1-40-31-27(11-21(13-30(31)47-3)34(43)41-17-22(35)14-23(36)18-41)38-33(40)28-12-20-7-10-26(37-32(20)42(28)16-19-5-6-19)25-9-8-24(15-29(25)46-2)39-48(4,44)45/h7-13,15,19,22-23,39H,5-6,14,16-18,36H2,1-4H3/t22-,23-/m1/s1.